The third-order valence-corrected chi connectivity index (χ3v) is 3.88. The van der Waals surface area contributed by atoms with E-state index in [2.05, 4.69) is 5.32 Å². The Morgan fingerprint density at radius 1 is 1.37 bits per heavy atom. The van der Waals surface area contributed by atoms with Crippen molar-refractivity contribution in [2.24, 2.45) is 0 Å². The second kappa shape index (κ2) is 6.33. The first-order chi connectivity index (χ1) is 9.16. The smallest absolute Gasteiger partial charge is 0.250 e. The lowest BCUT2D eigenvalue weighted by Gasteiger charge is -2.12. The zero-order valence-corrected chi connectivity index (χ0v) is 11.5. The molecule has 2 aromatic rings. The van der Waals surface area contributed by atoms with Crippen LogP contribution >= 0.6 is 11.3 Å². The van der Waals surface area contributed by atoms with Crippen LogP contribution in [0.4, 0.5) is 0 Å². The maximum absolute atomic E-state index is 11.8. The molecule has 0 aliphatic carbocycles. The molecule has 2 aromatic heterocycles. The third-order valence-electron chi connectivity index (χ3n) is 2.83. The van der Waals surface area contributed by atoms with Gasteiger partial charge in [0.25, 0.3) is 5.56 Å². The molecule has 0 spiro atoms. The van der Waals surface area contributed by atoms with Crippen LogP contribution in [0.25, 0.3) is 0 Å². The summed E-state index contributed by atoms with van der Waals surface area (Å²) < 4.78 is 1.54. The van der Waals surface area contributed by atoms with E-state index < -0.39 is 0 Å². The summed E-state index contributed by atoms with van der Waals surface area (Å²) in [6, 6.07) is 8.95. The Morgan fingerprint density at radius 2 is 2.21 bits per heavy atom. The highest BCUT2D eigenvalue weighted by molar-refractivity contribution is 7.10. The van der Waals surface area contributed by atoms with E-state index >= 15 is 0 Å². The Bertz CT molecular complexity index is 589. The summed E-state index contributed by atoms with van der Waals surface area (Å²) in [6.45, 7) is 2.36. The first-order valence-corrected chi connectivity index (χ1v) is 7.03. The number of nitrogens with one attached hydrogen (secondary N) is 1. The Labute approximate surface area is 115 Å². The van der Waals surface area contributed by atoms with Gasteiger partial charge in [0.1, 0.15) is 0 Å². The lowest BCUT2D eigenvalue weighted by molar-refractivity contribution is -0.121. The van der Waals surface area contributed by atoms with E-state index in [1.165, 1.54) is 10.6 Å². The molecular weight excluding hydrogens is 260 g/mol. The maximum Gasteiger partial charge on any atom is 0.250 e. The number of carbonyl (C=O) groups excluding carboxylic acids is 1. The molecule has 1 amide bonds. The van der Waals surface area contributed by atoms with Crippen LogP contribution in [0.3, 0.4) is 0 Å². The monoisotopic (exact) mass is 276 g/mol. The molecule has 0 saturated heterocycles. The minimum absolute atomic E-state index is 0.0139. The SMILES string of the molecule is C[C@H](NC(=O)CCn1ccccc1=O)c1cccs1. The number of thiophene rings is 1. The lowest BCUT2D eigenvalue weighted by Crippen LogP contribution is -2.28. The number of nitrogens with zero attached hydrogens (tertiary/aromatic N) is 1. The highest BCUT2D eigenvalue weighted by Gasteiger charge is 2.10. The normalized spacial score (nSPS) is 12.1. The van der Waals surface area contributed by atoms with Gasteiger partial charge in [-0.2, -0.15) is 0 Å². The van der Waals surface area contributed by atoms with Gasteiger partial charge >= 0.3 is 0 Å². The molecule has 0 saturated carbocycles. The topological polar surface area (TPSA) is 51.1 Å². The van der Waals surface area contributed by atoms with Gasteiger partial charge in [-0.05, 0) is 24.4 Å². The number of rotatable bonds is 5. The fourth-order valence-electron chi connectivity index (χ4n) is 1.79. The molecular formula is C14H16N2O2S. The van der Waals surface area contributed by atoms with E-state index in [-0.39, 0.29) is 17.5 Å². The number of hydrogen-bond donors (Lipinski definition) is 1. The van der Waals surface area contributed by atoms with Crippen LogP contribution in [0.15, 0.2) is 46.7 Å². The molecule has 2 heterocycles. The molecule has 0 aliphatic heterocycles. The van der Waals surface area contributed by atoms with Gasteiger partial charge < -0.3 is 9.88 Å². The van der Waals surface area contributed by atoms with Crippen molar-refractivity contribution in [1.29, 1.82) is 0 Å². The number of hydrogen-bond acceptors (Lipinski definition) is 3. The van der Waals surface area contributed by atoms with Crippen LogP contribution in [-0.2, 0) is 11.3 Å². The van der Waals surface area contributed by atoms with Crippen molar-refractivity contribution >= 4 is 17.2 Å². The first kappa shape index (κ1) is 13.5. The standard InChI is InChI=1S/C14H16N2O2S/c1-11(12-5-4-10-19-12)15-13(17)7-9-16-8-3-2-6-14(16)18/h2-6,8,10-11H,7,9H2,1H3,(H,15,17)/t11-/m0/s1. The summed E-state index contributed by atoms with van der Waals surface area (Å²) in [5, 5.41) is 4.92. The lowest BCUT2D eigenvalue weighted by atomic mass is 10.2. The van der Waals surface area contributed by atoms with Gasteiger partial charge in [0.15, 0.2) is 0 Å². The fraction of sp³-hybridized carbons (Fsp3) is 0.286. The summed E-state index contributed by atoms with van der Waals surface area (Å²) in [6.07, 6.45) is 2.00. The van der Waals surface area contributed by atoms with Crippen LogP contribution in [0.5, 0.6) is 0 Å². The van der Waals surface area contributed by atoms with Gasteiger partial charge in [-0.15, -0.1) is 11.3 Å². The molecule has 0 aliphatic rings. The van der Waals surface area contributed by atoms with Crippen molar-refractivity contribution in [2.75, 3.05) is 0 Å². The Hall–Kier alpha value is -1.88. The Kier molecular flexibility index (Phi) is 4.52. The molecule has 1 N–H and O–H groups in total. The Morgan fingerprint density at radius 3 is 2.89 bits per heavy atom. The fourth-order valence-corrected chi connectivity index (χ4v) is 2.52. The Balaban J connectivity index is 1.85. The molecule has 19 heavy (non-hydrogen) atoms. The van der Waals surface area contributed by atoms with E-state index in [1.54, 1.807) is 29.7 Å². The summed E-state index contributed by atoms with van der Waals surface area (Å²) >= 11 is 1.62. The highest BCUT2D eigenvalue weighted by Crippen LogP contribution is 2.17. The summed E-state index contributed by atoms with van der Waals surface area (Å²) in [5.41, 5.74) is -0.0818. The van der Waals surface area contributed by atoms with Crippen molar-refractivity contribution in [3.63, 3.8) is 0 Å². The third kappa shape index (κ3) is 3.79. The van der Waals surface area contributed by atoms with Crippen LogP contribution < -0.4 is 10.9 Å². The molecule has 4 nitrogen and oxygen atoms in total. The van der Waals surface area contributed by atoms with Gasteiger partial charge in [0.2, 0.25) is 5.91 Å². The van der Waals surface area contributed by atoms with E-state index in [4.69, 9.17) is 0 Å². The van der Waals surface area contributed by atoms with E-state index in [0.717, 1.165) is 4.88 Å². The molecule has 1 atom stereocenters. The van der Waals surface area contributed by atoms with Gasteiger partial charge in [0, 0.05) is 30.1 Å². The second-order valence-electron chi connectivity index (χ2n) is 4.29. The average Bonchev–Trinajstić information content (AvgIpc) is 2.91. The molecule has 0 unspecified atom stereocenters. The molecule has 100 valence electrons. The molecule has 0 radical (unpaired) electrons. The molecule has 5 heteroatoms. The molecule has 2 rings (SSSR count). The minimum atomic E-state index is -0.0818. The zero-order chi connectivity index (χ0) is 13.7. The quantitative estimate of drug-likeness (QED) is 0.910. The number of amides is 1. The van der Waals surface area contributed by atoms with E-state index in [1.807, 2.05) is 24.4 Å². The molecule has 0 bridgehead atoms. The van der Waals surface area contributed by atoms with Crippen LogP contribution in [0, 0.1) is 0 Å². The predicted octanol–water partition coefficient (Wildman–Crippen LogP) is 2.18. The van der Waals surface area contributed by atoms with E-state index in [9.17, 15) is 9.59 Å². The molecule has 0 aromatic carbocycles. The van der Waals surface area contributed by atoms with Gasteiger partial charge in [0.05, 0.1) is 6.04 Å². The second-order valence-corrected chi connectivity index (χ2v) is 5.27. The van der Waals surface area contributed by atoms with Gasteiger partial charge in [-0.1, -0.05) is 12.1 Å². The maximum atomic E-state index is 11.8. The van der Waals surface area contributed by atoms with Gasteiger partial charge in [-0.3, -0.25) is 9.59 Å². The van der Waals surface area contributed by atoms with Crippen LogP contribution in [0.1, 0.15) is 24.3 Å². The summed E-state index contributed by atoms with van der Waals surface area (Å²) in [4.78, 5) is 24.4. The average molecular weight is 276 g/mol. The number of pyridine rings is 1. The first-order valence-electron chi connectivity index (χ1n) is 6.15. The summed E-state index contributed by atoms with van der Waals surface area (Å²) in [5.74, 6) is -0.0448. The van der Waals surface area contributed by atoms with Crippen molar-refractivity contribution in [1.82, 2.24) is 9.88 Å². The van der Waals surface area contributed by atoms with Crippen molar-refractivity contribution in [2.45, 2.75) is 25.9 Å². The number of aryl methyl sites for hydroxylation is 1. The molecule has 0 fully saturated rings. The zero-order valence-electron chi connectivity index (χ0n) is 10.7. The van der Waals surface area contributed by atoms with Crippen LogP contribution in [-0.4, -0.2) is 10.5 Å². The highest BCUT2D eigenvalue weighted by atomic mass is 32.1. The van der Waals surface area contributed by atoms with Gasteiger partial charge in [-0.25, -0.2) is 0 Å². The number of carbonyl (C=O) groups is 1. The number of aromatic nitrogens is 1. The van der Waals surface area contributed by atoms with Crippen molar-refractivity contribution in [3.05, 3.63) is 57.1 Å². The van der Waals surface area contributed by atoms with E-state index in [0.29, 0.717) is 13.0 Å². The predicted molar refractivity (Wildman–Crippen MR) is 76.2 cm³/mol. The van der Waals surface area contributed by atoms with Crippen molar-refractivity contribution < 1.29 is 4.79 Å². The largest absolute Gasteiger partial charge is 0.349 e. The summed E-state index contributed by atoms with van der Waals surface area (Å²) in [7, 11) is 0. The minimum Gasteiger partial charge on any atom is -0.349 e. The van der Waals surface area contributed by atoms with Crippen molar-refractivity contribution in [3.8, 4) is 0 Å². The van der Waals surface area contributed by atoms with Crippen LogP contribution in [0.2, 0.25) is 0 Å².